The van der Waals surface area contributed by atoms with Crippen LogP contribution in [0.2, 0.25) is 0 Å². The number of hydrogen-bond donors (Lipinski definition) is 1. The second kappa shape index (κ2) is 6.66. The van der Waals surface area contributed by atoms with E-state index in [1.54, 1.807) is 23.3 Å². The third kappa shape index (κ3) is 3.64. The highest BCUT2D eigenvalue weighted by Gasteiger charge is 2.25. The molecule has 0 spiro atoms. The van der Waals surface area contributed by atoms with Gasteiger partial charge in [-0.2, -0.15) is 0 Å². The molecule has 2 heterocycles. The standard InChI is InChI=1S/C20H19N3O3S/c1-14(16-7-6-15-4-2-3-5-17(15)12-16)21-20(24)18-8-9-19-22-27(25,26)11-10-23(19)13-18/h2-9,12-14H,10-11H2,1H3,(H,21,24)/t14-/m0/s1. The second-order valence-corrected chi connectivity index (χ2v) is 8.40. The van der Waals surface area contributed by atoms with Crippen molar-refractivity contribution in [1.82, 2.24) is 10.2 Å². The number of nitrogens with zero attached hydrogens (tertiary/aromatic N) is 2. The van der Waals surface area contributed by atoms with E-state index in [0.717, 1.165) is 16.3 Å². The molecule has 0 aliphatic carbocycles. The smallest absolute Gasteiger partial charge is 0.256 e. The molecular formula is C20H19N3O3S. The van der Waals surface area contributed by atoms with E-state index in [9.17, 15) is 13.2 Å². The van der Waals surface area contributed by atoms with Gasteiger partial charge in [0.05, 0.1) is 17.4 Å². The molecule has 2 aromatic rings. The van der Waals surface area contributed by atoms with Crippen molar-refractivity contribution in [2.24, 2.45) is 4.40 Å². The highest BCUT2D eigenvalue weighted by atomic mass is 32.2. The van der Waals surface area contributed by atoms with Crippen LogP contribution in [0.25, 0.3) is 10.8 Å². The van der Waals surface area contributed by atoms with E-state index in [4.69, 9.17) is 0 Å². The molecule has 0 fully saturated rings. The Bertz CT molecular complexity index is 1120. The molecule has 138 valence electrons. The van der Waals surface area contributed by atoms with Crippen LogP contribution in [-0.4, -0.2) is 37.4 Å². The number of benzene rings is 2. The lowest BCUT2D eigenvalue weighted by Crippen LogP contribution is -2.38. The zero-order valence-electron chi connectivity index (χ0n) is 14.8. The summed E-state index contributed by atoms with van der Waals surface area (Å²) >= 11 is 0. The summed E-state index contributed by atoms with van der Waals surface area (Å²) in [5, 5.41) is 5.28. The van der Waals surface area contributed by atoms with Crippen LogP contribution in [0.5, 0.6) is 0 Å². The van der Waals surface area contributed by atoms with E-state index in [1.807, 2.05) is 37.3 Å². The molecule has 1 amide bonds. The van der Waals surface area contributed by atoms with Gasteiger partial charge < -0.3 is 10.2 Å². The zero-order valence-corrected chi connectivity index (χ0v) is 15.6. The first-order valence-corrected chi connectivity index (χ1v) is 10.3. The highest BCUT2D eigenvalue weighted by molar-refractivity contribution is 7.90. The molecule has 0 saturated carbocycles. The van der Waals surface area contributed by atoms with Gasteiger partial charge in [0.2, 0.25) is 0 Å². The SMILES string of the molecule is C[C@H](NC(=O)C1=CN2CCS(=O)(=O)N=C2C=C1)c1ccc2ccccc2c1. The lowest BCUT2D eigenvalue weighted by atomic mass is 10.0. The monoisotopic (exact) mass is 381 g/mol. The fourth-order valence-electron chi connectivity index (χ4n) is 3.18. The van der Waals surface area contributed by atoms with Crippen molar-refractivity contribution >= 4 is 32.5 Å². The Morgan fingerprint density at radius 1 is 1.15 bits per heavy atom. The Labute approximate surface area is 157 Å². The van der Waals surface area contributed by atoms with Crippen LogP contribution in [0.1, 0.15) is 18.5 Å². The van der Waals surface area contributed by atoms with Gasteiger partial charge in [0.25, 0.3) is 15.9 Å². The second-order valence-electron chi connectivity index (χ2n) is 6.65. The molecule has 0 radical (unpaired) electrons. The van der Waals surface area contributed by atoms with Gasteiger partial charge in [-0.05, 0) is 41.5 Å². The van der Waals surface area contributed by atoms with Gasteiger partial charge in [0, 0.05) is 12.7 Å². The van der Waals surface area contributed by atoms with Crippen LogP contribution < -0.4 is 5.32 Å². The molecule has 6 nitrogen and oxygen atoms in total. The maximum Gasteiger partial charge on any atom is 0.256 e. The third-order valence-corrected chi connectivity index (χ3v) is 5.87. The molecule has 2 aromatic carbocycles. The average molecular weight is 381 g/mol. The van der Waals surface area contributed by atoms with E-state index in [2.05, 4.69) is 21.8 Å². The number of sulfonamides is 1. The number of rotatable bonds is 3. The molecule has 1 atom stereocenters. The molecule has 2 aliphatic heterocycles. The quantitative estimate of drug-likeness (QED) is 0.886. The molecule has 0 unspecified atom stereocenters. The minimum absolute atomic E-state index is 0.0523. The first-order chi connectivity index (χ1) is 12.9. The Hall–Kier alpha value is -2.93. The van der Waals surface area contributed by atoms with Crippen LogP contribution in [-0.2, 0) is 14.8 Å². The van der Waals surface area contributed by atoms with Gasteiger partial charge in [0.15, 0.2) is 0 Å². The van der Waals surface area contributed by atoms with Crippen molar-refractivity contribution in [3.05, 3.63) is 72.0 Å². The van der Waals surface area contributed by atoms with Crippen molar-refractivity contribution in [2.75, 3.05) is 12.3 Å². The molecule has 7 heteroatoms. The summed E-state index contributed by atoms with van der Waals surface area (Å²) in [6, 6.07) is 14.1. The van der Waals surface area contributed by atoms with E-state index >= 15 is 0 Å². The maximum absolute atomic E-state index is 12.6. The fourth-order valence-corrected chi connectivity index (χ4v) is 4.15. The third-order valence-electron chi connectivity index (χ3n) is 4.71. The Morgan fingerprint density at radius 3 is 2.74 bits per heavy atom. The fraction of sp³-hybridized carbons (Fsp3) is 0.200. The van der Waals surface area contributed by atoms with Crippen molar-refractivity contribution in [1.29, 1.82) is 0 Å². The Morgan fingerprint density at radius 2 is 1.93 bits per heavy atom. The zero-order chi connectivity index (χ0) is 19.0. The van der Waals surface area contributed by atoms with Crippen LogP contribution in [0, 0.1) is 0 Å². The molecule has 4 rings (SSSR count). The highest BCUT2D eigenvalue weighted by Crippen LogP contribution is 2.21. The number of nitrogens with one attached hydrogen (secondary N) is 1. The molecule has 27 heavy (non-hydrogen) atoms. The first-order valence-electron chi connectivity index (χ1n) is 8.70. The number of fused-ring (bicyclic) bond motifs is 2. The first kappa shape index (κ1) is 17.5. The summed E-state index contributed by atoms with van der Waals surface area (Å²) in [6.45, 7) is 2.23. The average Bonchev–Trinajstić information content (AvgIpc) is 2.66. The molecule has 0 aromatic heterocycles. The van der Waals surface area contributed by atoms with Crippen molar-refractivity contribution in [3.8, 4) is 0 Å². The summed E-state index contributed by atoms with van der Waals surface area (Å²) < 4.78 is 26.9. The predicted octanol–water partition coefficient (Wildman–Crippen LogP) is 2.51. The van der Waals surface area contributed by atoms with Gasteiger partial charge in [-0.25, -0.2) is 8.42 Å². The predicted molar refractivity (Wildman–Crippen MR) is 106 cm³/mol. The molecule has 1 N–H and O–H groups in total. The number of amides is 1. The number of hydrogen-bond acceptors (Lipinski definition) is 4. The van der Waals surface area contributed by atoms with Crippen molar-refractivity contribution in [2.45, 2.75) is 13.0 Å². The van der Waals surface area contributed by atoms with E-state index < -0.39 is 10.0 Å². The Balaban J connectivity index is 1.50. The van der Waals surface area contributed by atoms with Gasteiger partial charge in [-0.3, -0.25) is 4.79 Å². The van der Waals surface area contributed by atoms with Gasteiger partial charge in [0.1, 0.15) is 5.84 Å². The van der Waals surface area contributed by atoms with Gasteiger partial charge in [-0.15, -0.1) is 4.40 Å². The minimum atomic E-state index is -3.40. The van der Waals surface area contributed by atoms with Crippen LogP contribution >= 0.6 is 0 Å². The van der Waals surface area contributed by atoms with E-state index in [1.165, 1.54) is 0 Å². The minimum Gasteiger partial charge on any atom is -0.345 e. The molecule has 2 aliphatic rings. The largest absolute Gasteiger partial charge is 0.345 e. The lowest BCUT2D eigenvalue weighted by Gasteiger charge is -2.27. The number of carbonyl (C=O) groups excluding carboxylic acids is 1. The summed E-state index contributed by atoms with van der Waals surface area (Å²) in [6.07, 6.45) is 4.81. The summed E-state index contributed by atoms with van der Waals surface area (Å²) in [7, 11) is -3.40. The molecule has 0 bridgehead atoms. The summed E-state index contributed by atoms with van der Waals surface area (Å²) in [4.78, 5) is 14.3. The normalized spacial score (nSPS) is 19.1. The van der Waals surface area contributed by atoms with E-state index in [0.29, 0.717) is 18.0 Å². The van der Waals surface area contributed by atoms with Crippen molar-refractivity contribution in [3.63, 3.8) is 0 Å². The van der Waals surface area contributed by atoms with Crippen molar-refractivity contribution < 1.29 is 13.2 Å². The number of carbonyl (C=O) groups is 1. The molecule has 0 saturated heterocycles. The van der Waals surface area contributed by atoms with Gasteiger partial charge >= 0.3 is 0 Å². The van der Waals surface area contributed by atoms with Crippen LogP contribution in [0.3, 0.4) is 0 Å². The van der Waals surface area contributed by atoms with Crippen LogP contribution in [0.15, 0.2) is 70.8 Å². The van der Waals surface area contributed by atoms with Gasteiger partial charge in [-0.1, -0.05) is 36.4 Å². The summed E-state index contributed by atoms with van der Waals surface area (Å²) in [5.41, 5.74) is 1.50. The lowest BCUT2D eigenvalue weighted by molar-refractivity contribution is -0.117. The molecular weight excluding hydrogens is 362 g/mol. The summed E-state index contributed by atoms with van der Waals surface area (Å²) in [5.74, 6) is 0.0863. The maximum atomic E-state index is 12.6. The van der Waals surface area contributed by atoms with Crippen LogP contribution in [0.4, 0.5) is 0 Å². The Kier molecular flexibility index (Phi) is 4.31. The number of amidine groups is 1. The topological polar surface area (TPSA) is 78.8 Å². The van der Waals surface area contributed by atoms with E-state index in [-0.39, 0.29) is 17.7 Å².